The Bertz CT molecular complexity index is 1000. The van der Waals surface area contributed by atoms with Gasteiger partial charge in [-0.3, -0.25) is 20.2 Å². The summed E-state index contributed by atoms with van der Waals surface area (Å²) in [5, 5.41) is 42.7. The van der Waals surface area contributed by atoms with Crippen molar-refractivity contribution < 1.29 is 20.1 Å². The molecule has 2 fully saturated rings. The monoisotopic (exact) mass is 510 g/mol. The molecule has 0 bridgehead atoms. The molecule has 2 unspecified atom stereocenters. The number of nitrogens with one attached hydrogen (secondary N) is 1. The molecule has 0 spiro atoms. The molecule has 2 atom stereocenters. The second-order valence-corrected chi connectivity index (χ2v) is 8.64. The van der Waals surface area contributed by atoms with Crippen molar-refractivity contribution >= 4 is 40.0 Å². The Hall–Kier alpha value is -3.19. The molecule has 192 valence electrons. The summed E-state index contributed by atoms with van der Waals surface area (Å²) < 4.78 is 0. The summed E-state index contributed by atoms with van der Waals surface area (Å²) >= 11 is 5.52. The van der Waals surface area contributed by atoms with Gasteiger partial charge in [-0.15, -0.1) is 0 Å². The number of rotatable bonds is 3. The minimum atomic E-state index is -0.550. The summed E-state index contributed by atoms with van der Waals surface area (Å²) in [7, 11) is 0. The van der Waals surface area contributed by atoms with Gasteiger partial charge >= 0.3 is 0 Å². The smallest absolute Gasteiger partial charge is 0.292 e. The van der Waals surface area contributed by atoms with E-state index in [4.69, 9.17) is 28.2 Å². The molecule has 0 radical (unpaired) electrons. The fourth-order valence-electron chi connectivity index (χ4n) is 3.62. The third-order valence-corrected chi connectivity index (χ3v) is 5.66. The number of hydrogen-bond acceptors (Lipinski definition) is 10. The first-order chi connectivity index (χ1) is 16.6. The molecule has 7 N–H and O–H groups in total. The van der Waals surface area contributed by atoms with Crippen LogP contribution < -0.4 is 21.7 Å². The van der Waals surface area contributed by atoms with E-state index in [0.29, 0.717) is 11.6 Å². The SMILES string of the molecule is Nc1cc(Cl)ccc1[N+](=O)[O-].Nc1cc(N2CCCC(O)C2)ccc1[N+](=O)[O-].OC1CCCNC1. The summed E-state index contributed by atoms with van der Waals surface area (Å²) in [5.74, 6) is 0. The molecule has 0 aromatic heterocycles. The van der Waals surface area contributed by atoms with Crippen LogP contribution in [0, 0.1) is 20.2 Å². The molecule has 2 saturated heterocycles. The Morgan fingerprint density at radius 2 is 1.54 bits per heavy atom. The highest BCUT2D eigenvalue weighted by Gasteiger charge is 2.20. The molecule has 2 aromatic rings. The first-order valence-corrected chi connectivity index (χ1v) is 11.5. The van der Waals surface area contributed by atoms with Crippen molar-refractivity contribution in [2.45, 2.75) is 37.9 Å². The van der Waals surface area contributed by atoms with Crippen LogP contribution in [0.2, 0.25) is 5.02 Å². The molecule has 2 aliphatic heterocycles. The molecule has 2 heterocycles. The minimum Gasteiger partial charge on any atom is -0.393 e. The first-order valence-electron chi connectivity index (χ1n) is 11.1. The van der Waals surface area contributed by atoms with Crippen molar-refractivity contribution in [3.05, 3.63) is 61.6 Å². The van der Waals surface area contributed by atoms with Crippen LogP contribution in [-0.2, 0) is 0 Å². The average molecular weight is 511 g/mol. The number of aliphatic hydroxyl groups is 2. The third-order valence-electron chi connectivity index (χ3n) is 5.43. The Balaban J connectivity index is 0.000000205. The zero-order valence-electron chi connectivity index (χ0n) is 19.2. The van der Waals surface area contributed by atoms with E-state index >= 15 is 0 Å². The second kappa shape index (κ2) is 13.6. The van der Waals surface area contributed by atoms with Crippen LogP contribution >= 0.6 is 11.6 Å². The average Bonchev–Trinajstić information content (AvgIpc) is 2.80. The molecular weight excluding hydrogens is 480 g/mol. The van der Waals surface area contributed by atoms with E-state index in [1.165, 1.54) is 24.3 Å². The van der Waals surface area contributed by atoms with Crippen molar-refractivity contribution in [3.8, 4) is 0 Å². The number of nitrogen functional groups attached to an aromatic ring is 2. The number of anilines is 3. The third kappa shape index (κ3) is 9.17. The Morgan fingerprint density at radius 3 is 2.00 bits per heavy atom. The lowest BCUT2D eigenvalue weighted by Crippen LogP contribution is -2.38. The van der Waals surface area contributed by atoms with E-state index in [1.54, 1.807) is 12.1 Å². The highest BCUT2D eigenvalue weighted by Crippen LogP contribution is 2.28. The normalized spacial score (nSPS) is 19.5. The molecule has 4 rings (SSSR count). The summed E-state index contributed by atoms with van der Waals surface area (Å²) in [6, 6.07) is 8.72. The molecule has 2 aromatic carbocycles. The van der Waals surface area contributed by atoms with Gasteiger partial charge in [0.2, 0.25) is 0 Å². The number of nitrogens with two attached hydrogens (primary N) is 2. The van der Waals surface area contributed by atoms with Gasteiger partial charge in [0, 0.05) is 42.5 Å². The number of aliphatic hydroxyl groups excluding tert-OH is 2. The summed E-state index contributed by atoms with van der Waals surface area (Å²) in [6.07, 6.45) is 3.42. The van der Waals surface area contributed by atoms with Crippen LogP contribution in [0.1, 0.15) is 25.7 Å². The van der Waals surface area contributed by atoms with Crippen molar-refractivity contribution in [2.24, 2.45) is 0 Å². The van der Waals surface area contributed by atoms with Crippen LogP contribution in [0.25, 0.3) is 0 Å². The van der Waals surface area contributed by atoms with Gasteiger partial charge in [0.25, 0.3) is 11.4 Å². The van der Waals surface area contributed by atoms with E-state index in [-0.39, 0.29) is 35.0 Å². The maximum atomic E-state index is 10.6. The number of hydrogen-bond donors (Lipinski definition) is 5. The largest absolute Gasteiger partial charge is 0.393 e. The number of nitrogens with zero attached hydrogens (tertiary/aromatic N) is 3. The Labute approximate surface area is 207 Å². The van der Waals surface area contributed by atoms with Gasteiger partial charge in [-0.05, 0) is 56.5 Å². The predicted octanol–water partition coefficient (Wildman–Crippen LogP) is 2.70. The van der Waals surface area contributed by atoms with Crippen LogP contribution in [0.3, 0.4) is 0 Å². The molecule has 0 amide bonds. The van der Waals surface area contributed by atoms with Crippen LogP contribution in [-0.4, -0.2) is 58.4 Å². The van der Waals surface area contributed by atoms with Crippen molar-refractivity contribution in [1.29, 1.82) is 0 Å². The van der Waals surface area contributed by atoms with Gasteiger partial charge < -0.3 is 31.9 Å². The number of halogens is 1. The number of nitro groups is 2. The van der Waals surface area contributed by atoms with Gasteiger partial charge in [0.1, 0.15) is 11.4 Å². The fourth-order valence-corrected chi connectivity index (χ4v) is 3.80. The molecule has 0 aliphatic carbocycles. The van der Waals surface area contributed by atoms with Crippen LogP contribution in [0.4, 0.5) is 28.4 Å². The molecular formula is C22H31ClN6O6. The van der Waals surface area contributed by atoms with E-state index < -0.39 is 9.85 Å². The number of nitro benzene ring substituents is 2. The zero-order chi connectivity index (χ0) is 26.0. The van der Waals surface area contributed by atoms with E-state index in [0.717, 1.165) is 51.0 Å². The molecule has 12 nitrogen and oxygen atoms in total. The second-order valence-electron chi connectivity index (χ2n) is 8.20. The standard InChI is InChI=1S/C11H15N3O3.C6H5ClN2O2.C5H11NO/c12-10-6-8(3-4-11(10)14(16)17)13-5-1-2-9(15)7-13;7-4-1-2-6(9(10)11)5(8)3-4;7-5-2-1-3-6-4-5/h3-4,6,9,15H,1-2,5,7,12H2;1-3H,8H2;5-7H,1-4H2. The van der Waals surface area contributed by atoms with E-state index in [1.807, 2.05) is 4.90 Å². The maximum absolute atomic E-state index is 10.6. The summed E-state index contributed by atoms with van der Waals surface area (Å²) in [6.45, 7) is 3.27. The lowest BCUT2D eigenvalue weighted by atomic mass is 10.1. The van der Waals surface area contributed by atoms with Gasteiger partial charge in [-0.25, -0.2) is 0 Å². The van der Waals surface area contributed by atoms with Crippen LogP contribution in [0.5, 0.6) is 0 Å². The summed E-state index contributed by atoms with van der Waals surface area (Å²) in [5.41, 5.74) is 11.8. The highest BCUT2D eigenvalue weighted by molar-refractivity contribution is 6.30. The molecule has 2 aliphatic rings. The van der Waals surface area contributed by atoms with E-state index in [2.05, 4.69) is 5.32 Å². The Kier molecular flexibility index (Phi) is 10.9. The van der Waals surface area contributed by atoms with Crippen molar-refractivity contribution in [3.63, 3.8) is 0 Å². The number of piperidine rings is 2. The maximum Gasteiger partial charge on any atom is 0.292 e. The van der Waals surface area contributed by atoms with Gasteiger partial charge in [-0.1, -0.05) is 11.6 Å². The molecule has 0 saturated carbocycles. The molecule has 35 heavy (non-hydrogen) atoms. The molecule has 13 heteroatoms. The van der Waals surface area contributed by atoms with Crippen LogP contribution in [0.15, 0.2) is 36.4 Å². The lowest BCUT2D eigenvalue weighted by molar-refractivity contribution is -0.384. The topological polar surface area (TPSA) is 194 Å². The van der Waals surface area contributed by atoms with Gasteiger partial charge in [0.15, 0.2) is 0 Å². The quantitative estimate of drug-likeness (QED) is 0.232. The van der Waals surface area contributed by atoms with Crippen molar-refractivity contribution in [2.75, 3.05) is 42.5 Å². The lowest BCUT2D eigenvalue weighted by Gasteiger charge is -2.32. The van der Waals surface area contributed by atoms with Gasteiger partial charge in [0.05, 0.1) is 22.1 Å². The minimum absolute atomic E-state index is 0.0752. The van der Waals surface area contributed by atoms with E-state index in [9.17, 15) is 25.3 Å². The highest BCUT2D eigenvalue weighted by atomic mass is 35.5. The van der Waals surface area contributed by atoms with Crippen molar-refractivity contribution in [1.82, 2.24) is 5.32 Å². The fraction of sp³-hybridized carbons (Fsp3) is 0.455. The Morgan fingerprint density at radius 1 is 0.943 bits per heavy atom. The van der Waals surface area contributed by atoms with Gasteiger partial charge in [-0.2, -0.15) is 0 Å². The number of β-amino-alcohol motifs (C(OH)–C–C–N with tert-alkyl or cyclic N) is 2. The summed E-state index contributed by atoms with van der Waals surface area (Å²) in [4.78, 5) is 21.8. The number of benzene rings is 2. The zero-order valence-corrected chi connectivity index (χ0v) is 19.9. The predicted molar refractivity (Wildman–Crippen MR) is 136 cm³/mol. The first kappa shape index (κ1) is 28.1.